The Morgan fingerprint density at radius 2 is 1.81 bits per heavy atom. The molecule has 1 spiro atoms. The predicted octanol–water partition coefficient (Wildman–Crippen LogP) is 2.32. The largest absolute Gasteiger partial charge is 0.338 e. The summed E-state index contributed by atoms with van der Waals surface area (Å²) >= 11 is 0. The number of carbonyl (C=O) groups excluding carboxylic acids is 1. The molecule has 0 aromatic rings. The minimum absolute atomic E-state index is 0.0815. The van der Waals surface area contributed by atoms with Crippen molar-refractivity contribution in [2.24, 2.45) is 5.41 Å². The molecule has 3 fully saturated rings. The number of likely N-dealkylation sites (tertiary alicyclic amines) is 2. The molecule has 0 atom stereocenters. The Balaban J connectivity index is 1.68. The van der Waals surface area contributed by atoms with E-state index in [0.29, 0.717) is 11.0 Å². The minimum atomic E-state index is -0.207. The lowest BCUT2D eigenvalue weighted by Gasteiger charge is -2.60. The average Bonchev–Trinajstić information content (AvgIpc) is 2.85. The molecule has 21 heavy (non-hydrogen) atoms. The maximum absolute atomic E-state index is 12.4. The van der Waals surface area contributed by atoms with Crippen LogP contribution in [0, 0.1) is 16.7 Å². The van der Waals surface area contributed by atoms with E-state index in [9.17, 15) is 10.1 Å². The van der Waals surface area contributed by atoms with Gasteiger partial charge < -0.3 is 4.90 Å². The second kappa shape index (κ2) is 5.14. The number of amides is 1. The number of carbonyl (C=O) groups is 1. The van der Waals surface area contributed by atoms with Gasteiger partial charge in [-0.25, -0.2) is 0 Å². The molecule has 0 radical (unpaired) electrons. The highest BCUT2D eigenvalue weighted by molar-refractivity contribution is 5.97. The third-order valence-electron chi connectivity index (χ3n) is 5.52. The molecule has 1 amide bonds. The summed E-state index contributed by atoms with van der Waals surface area (Å²) in [7, 11) is 0. The molecule has 1 saturated carbocycles. The Morgan fingerprint density at radius 3 is 2.29 bits per heavy atom. The number of hydrogen-bond donors (Lipinski definition) is 0. The molecule has 4 nitrogen and oxygen atoms in total. The van der Waals surface area contributed by atoms with Crippen molar-refractivity contribution in [3.8, 4) is 6.07 Å². The van der Waals surface area contributed by atoms with Crippen molar-refractivity contribution in [1.29, 1.82) is 5.26 Å². The van der Waals surface area contributed by atoms with E-state index in [-0.39, 0.29) is 11.4 Å². The molecule has 0 aromatic carbocycles. The van der Waals surface area contributed by atoms with Crippen molar-refractivity contribution in [2.45, 2.75) is 51.5 Å². The lowest BCUT2D eigenvalue weighted by Crippen LogP contribution is -2.65. The molecule has 114 valence electrons. The molecule has 1 aliphatic carbocycles. The van der Waals surface area contributed by atoms with Gasteiger partial charge in [0.15, 0.2) is 0 Å². The third kappa shape index (κ3) is 2.60. The molecule has 0 aromatic heterocycles. The topological polar surface area (TPSA) is 47.3 Å². The third-order valence-corrected chi connectivity index (χ3v) is 5.52. The monoisotopic (exact) mass is 287 g/mol. The van der Waals surface area contributed by atoms with Crippen molar-refractivity contribution < 1.29 is 4.79 Å². The molecule has 3 rings (SSSR count). The van der Waals surface area contributed by atoms with E-state index in [0.717, 1.165) is 39.0 Å². The fourth-order valence-corrected chi connectivity index (χ4v) is 3.84. The molecule has 4 heteroatoms. The minimum Gasteiger partial charge on any atom is -0.338 e. The summed E-state index contributed by atoms with van der Waals surface area (Å²) in [6.45, 7) is 8.07. The van der Waals surface area contributed by atoms with Crippen molar-refractivity contribution >= 4 is 5.91 Å². The lowest BCUT2D eigenvalue weighted by molar-refractivity contribution is -0.125. The zero-order valence-corrected chi connectivity index (χ0v) is 13.2. The van der Waals surface area contributed by atoms with Crippen LogP contribution in [-0.2, 0) is 4.79 Å². The van der Waals surface area contributed by atoms with E-state index in [1.165, 1.54) is 19.3 Å². The Kier molecular flexibility index (Phi) is 3.57. The van der Waals surface area contributed by atoms with Crippen LogP contribution in [0.15, 0.2) is 11.6 Å². The van der Waals surface area contributed by atoms with Crippen LogP contribution < -0.4 is 0 Å². The molecule has 3 aliphatic rings. The molecule has 0 bridgehead atoms. The maximum Gasteiger partial charge on any atom is 0.264 e. The quantitative estimate of drug-likeness (QED) is 0.591. The first-order chi connectivity index (χ1) is 9.96. The highest BCUT2D eigenvalue weighted by atomic mass is 16.2. The summed E-state index contributed by atoms with van der Waals surface area (Å²) in [5.41, 5.74) is 0.675. The van der Waals surface area contributed by atoms with Crippen LogP contribution in [-0.4, -0.2) is 47.4 Å². The molecular weight excluding hydrogens is 262 g/mol. The van der Waals surface area contributed by atoms with E-state index in [1.54, 1.807) is 0 Å². The summed E-state index contributed by atoms with van der Waals surface area (Å²) in [6.07, 6.45) is 8.06. The van der Waals surface area contributed by atoms with Gasteiger partial charge in [0, 0.05) is 31.7 Å². The van der Waals surface area contributed by atoms with E-state index in [4.69, 9.17) is 0 Å². The van der Waals surface area contributed by atoms with Gasteiger partial charge in [0.25, 0.3) is 5.91 Å². The van der Waals surface area contributed by atoms with E-state index in [1.807, 2.05) is 11.0 Å². The zero-order valence-electron chi connectivity index (χ0n) is 13.2. The van der Waals surface area contributed by atoms with Gasteiger partial charge in [-0.1, -0.05) is 6.42 Å². The van der Waals surface area contributed by atoms with E-state index < -0.39 is 0 Å². The van der Waals surface area contributed by atoms with Crippen LogP contribution in [0.3, 0.4) is 0 Å². The van der Waals surface area contributed by atoms with Crippen molar-refractivity contribution in [1.82, 2.24) is 9.80 Å². The lowest BCUT2D eigenvalue weighted by atomic mass is 9.62. The van der Waals surface area contributed by atoms with Crippen LogP contribution in [0.4, 0.5) is 0 Å². The second-order valence-electron chi connectivity index (χ2n) is 7.53. The average molecular weight is 287 g/mol. The van der Waals surface area contributed by atoms with Gasteiger partial charge in [-0.2, -0.15) is 5.26 Å². The molecule has 0 N–H and O–H groups in total. The smallest absolute Gasteiger partial charge is 0.264 e. The summed E-state index contributed by atoms with van der Waals surface area (Å²) in [6, 6.07) is 2.13. The number of nitrogens with zero attached hydrogens (tertiary/aromatic N) is 3. The van der Waals surface area contributed by atoms with Crippen molar-refractivity contribution in [3.63, 3.8) is 0 Å². The van der Waals surface area contributed by atoms with E-state index >= 15 is 0 Å². The van der Waals surface area contributed by atoms with Gasteiger partial charge >= 0.3 is 0 Å². The number of hydrogen-bond acceptors (Lipinski definition) is 3. The molecule has 0 unspecified atom stereocenters. The van der Waals surface area contributed by atoms with Gasteiger partial charge in [-0.15, -0.1) is 0 Å². The summed E-state index contributed by atoms with van der Waals surface area (Å²) in [5.74, 6) is -0.0815. The van der Waals surface area contributed by atoms with Gasteiger partial charge in [0.1, 0.15) is 11.6 Å². The Labute approximate surface area is 127 Å². The maximum atomic E-state index is 12.4. The van der Waals surface area contributed by atoms with Crippen LogP contribution in [0.1, 0.15) is 46.0 Å². The summed E-state index contributed by atoms with van der Waals surface area (Å²) in [4.78, 5) is 16.6. The highest BCUT2D eigenvalue weighted by Crippen LogP contribution is 2.50. The molecule has 2 saturated heterocycles. The van der Waals surface area contributed by atoms with Gasteiger partial charge in [0.2, 0.25) is 0 Å². The Hall–Kier alpha value is -1.34. The van der Waals surface area contributed by atoms with Gasteiger partial charge in [0.05, 0.1) is 0 Å². The summed E-state index contributed by atoms with van der Waals surface area (Å²) < 4.78 is 0. The normalized spacial score (nSPS) is 25.4. The second-order valence-corrected chi connectivity index (χ2v) is 7.53. The predicted molar refractivity (Wildman–Crippen MR) is 81.4 cm³/mol. The van der Waals surface area contributed by atoms with Crippen LogP contribution in [0.5, 0.6) is 0 Å². The van der Waals surface area contributed by atoms with Crippen LogP contribution in [0.2, 0.25) is 0 Å². The number of nitriles is 1. The number of rotatable bonds is 3. The van der Waals surface area contributed by atoms with Gasteiger partial charge in [-0.3, -0.25) is 9.69 Å². The standard InChI is InChI=1S/C17H25N3O/c1-16(2,20-12-17(13-20)6-5-7-17)10-14(11-18)15(21)19-8-3-4-9-19/h10H,3-9,12-13H2,1-2H3/b14-10+. The van der Waals surface area contributed by atoms with Crippen molar-refractivity contribution in [2.75, 3.05) is 26.2 Å². The zero-order chi connectivity index (χ0) is 15.1. The SMILES string of the molecule is CC(C)(/C=C(\C#N)C(=O)N1CCCC1)N1CC2(CCC2)C1. The van der Waals surface area contributed by atoms with E-state index in [2.05, 4.69) is 24.8 Å². The molecular formula is C17H25N3O. The summed E-state index contributed by atoms with van der Waals surface area (Å²) in [5, 5.41) is 9.37. The van der Waals surface area contributed by atoms with Crippen LogP contribution in [0.25, 0.3) is 0 Å². The molecule has 2 aliphatic heterocycles. The molecule has 2 heterocycles. The first-order valence-corrected chi connectivity index (χ1v) is 8.13. The first-order valence-electron chi connectivity index (χ1n) is 8.13. The van der Waals surface area contributed by atoms with Crippen molar-refractivity contribution in [3.05, 3.63) is 11.6 Å². The fourth-order valence-electron chi connectivity index (χ4n) is 3.84. The fraction of sp³-hybridized carbons (Fsp3) is 0.765. The highest BCUT2D eigenvalue weighted by Gasteiger charge is 2.50. The Morgan fingerprint density at radius 1 is 1.19 bits per heavy atom. The first kappa shape index (κ1) is 14.6. The van der Waals surface area contributed by atoms with Crippen LogP contribution >= 0.6 is 0 Å². The van der Waals surface area contributed by atoms with Gasteiger partial charge in [-0.05, 0) is 51.0 Å². The Bertz CT molecular complexity index is 497.